The van der Waals surface area contributed by atoms with E-state index in [1.54, 1.807) is 0 Å². The first-order valence-electron chi connectivity index (χ1n) is 6.92. The Kier molecular flexibility index (Phi) is 4.66. The van der Waals surface area contributed by atoms with E-state index in [1.807, 2.05) is 0 Å². The van der Waals surface area contributed by atoms with Gasteiger partial charge in [-0.15, -0.1) is 0 Å². The number of rotatable bonds is 5. The maximum Gasteiger partial charge on any atom is 0.248 e. The summed E-state index contributed by atoms with van der Waals surface area (Å²) in [6.45, 7) is 7.97. The van der Waals surface area contributed by atoms with Crippen molar-refractivity contribution in [1.29, 1.82) is 0 Å². The number of hydrogen-bond donors (Lipinski definition) is 2. The Morgan fingerprint density at radius 3 is 2.50 bits per heavy atom. The molecule has 20 heavy (non-hydrogen) atoms. The molecule has 0 amide bonds. The third-order valence-corrected chi connectivity index (χ3v) is 5.53. The lowest BCUT2D eigenvalue weighted by atomic mass is 10.1. The van der Waals surface area contributed by atoms with Gasteiger partial charge in [0.05, 0.1) is 6.20 Å². The lowest BCUT2D eigenvalue weighted by Gasteiger charge is -2.34. The SMILES string of the molecule is CC(C)CCN1CCN(S(=O)(=O)c2cn[nH]c2N)CC1. The zero-order valence-electron chi connectivity index (χ0n) is 12.0. The highest BCUT2D eigenvalue weighted by Gasteiger charge is 2.30. The standard InChI is InChI=1S/C12H23N5O2S/c1-10(2)3-4-16-5-7-17(8-6-16)20(18,19)11-9-14-15-12(11)13/h9-10H,3-8H2,1-2H3,(H3,13,14,15). The molecule has 114 valence electrons. The number of nitrogen functional groups attached to an aromatic ring is 1. The Morgan fingerprint density at radius 2 is 2.00 bits per heavy atom. The Balaban J connectivity index is 1.95. The van der Waals surface area contributed by atoms with Crippen LogP contribution in [0.15, 0.2) is 11.1 Å². The molecule has 8 heteroatoms. The van der Waals surface area contributed by atoms with Crippen LogP contribution in [0.25, 0.3) is 0 Å². The largest absolute Gasteiger partial charge is 0.383 e. The summed E-state index contributed by atoms with van der Waals surface area (Å²) in [5.74, 6) is 0.773. The summed E-state index contributed by atoms with van der Waals surface area (Å²) in [5, 5.41) is 6.15. The average molecular weight is 301 g/mol. The molecule has 2 rings (SSSR count). The second-order valence-corrected chi connectivity index (χ2v) is 7.48. The van der Waals surface area contributed by atoms with Crippen molar-refractivity contribution in [2.75, 3.05) is 38.5 Å². The van der Waals surface area contributed by atoms with E-state index < -0.39 is 10.0 Å². The predicted molar refractivity (Wildman–Crippen MR) is 77.7 cm³/mol. The zero-order chi connectivity index (χ0) is 14.8. The monoisotopic (exact) mass is 301 g/mol. The van der Waals surface area contributed by atoms with Gasteiger partial charge in [0.15, 0.2) is 0 Å². The van der Waals surface area contributed by atoms with Crippen LogP contribution >= 0.6 is 0 Å². The second-order valence-electron chi connectivity index (χ2n) is 5.58. The predicted octanol–water partition coefficient (Wildman–Crippen LogP) is 0.344. The number of sulfonamides is 1. The van der Waals surface area contributed by atoms with Gasteiger partial charge in [0.2, 0.25) is 10.0 Å². The van der Waals surface area contributed by atoms with Crippen molar-refractivity contribution < 1.29 is 8.42 Å². The second kappa shape index (κ2) is 6.11. The van der Waals surface area contributed by atoms with Crippen LogP contribution in [0.1, 0.15) is 20.3 Å². The van der Waals surface area contributed by atoms with E-state index in [1.165, 1.54) is 10.5 Å². The maximum absolute atomic E-state index is 12.4. The quantitative estimate of drug-likeness (QED) is 0.818. The minimum atomic E-state index is -3.52. The molecule has 0 unspecified atom stereocenters. The molecule has 7 nitrogen and oxygen atoms in total. The molecular weight excluding hydrogens is 278 g/mol. The first-order chi connectivity index (χ1) is 9.41. The van der Waals surface area contributed by atoms with E-state index in [2.05, 4.69) is 28.9 Å². The third-order valence-electron chi connectivity index (χ3n) is 3.60. The lowest BCUT2D eigenvalue weighted by Crippen LogP contribution is -2.48. The summed E-state index contributed by atoms with van der Waals surface area (Å²) in [5.41, 5.74) is 5.61. The maximum atomic E-state index is 12.4. The molecule has 2 heterocycles. The average Bonchev–Trinajstić information content (AvgIpc) is 2.84. The number of hydrogen-bond acceptors (Lipinski definition) is 5. The summed E-state index contributed by atoms with van der Waals surface area (Å²) in [4.78, 5) is 2.39. The fourth-order valence-corrected chi connectivity index (χ4v) is 3.70. The summed E-state index contributed by atoms with van der Waals surface area (Å²) < 4.78 is 26.3. The minimum Gasteiger partial charge on any atom is -0.383 e. The number of aromatic nitrogens is 2. The van der Waals surface area contributed by atoms with Crippen LogP contribution in [0, 0.1) is 5.92 Å². The first kappa shape index (κ1) is 15.3. The molecule has 0 radical (unpaired) electrons. The van der Waals surface area contributed by atoms with Gasteiger partial charge in [-0.25, -0.2) is 8.42 Å². The Bertz CT molecular complexity index is 532. The smallest absolute Gasteiger partial charge is 0.248 e. The van der Waals surface area contributed by atoms with E-state index in [0.717, 1.165) is 26.1 Å². The lowest BCUT2D eigenvalue weighted by molar-refractivity contribution is 0.180. The number of nitrogens with one attached hydrogen (secondary N) is 1. The number of nitrogens with two attached hydrogens (primary N) is 1. The van der Waals surface area contributed by atoms with Crippen molar-refractivity contribution in [3.05, 3.63) is 6.20 Å². The Morgan fingerprint density at radius 1 is 1.35 bits per heavy atom. The number of anilines is 1. The number of aromatic amines is 1. The van der Waals surface area contributed by atoms with Gasteiger partial charge < -0.3 is 10.6 Å². The third kappa shape index (κ3) is 3.31. The van der Waals surface area contributed by atoms with Gasteiger partial charge in [-0.2, -0.15) is 9.40 Å². The summed E-state index contributed by atoms with van der Waals surface area (Å²) in [6, 6.07) is 0. The Labute approximate surface area is 120 Å². The highest BCUT2D eigenvalue weighted by atomic mass is 32.2. The summed E-state index contributed by atoms with van der Waals surface area (Å²) in [6.07, 6.45) is 2.41. The van der Waals surface area contributed by atoms with Gasteiger partial charge in [0, 0.05) is 26.2 Å². The van der Waals surface area contributed by atoms with Gasteiger partial charge in [-0.3, -0.25) is 5.10 Å². The molecule has 0 spiro atoms. The molecule has 1 saturated heterocycles. The molecule has 0 bridgehead atoms. The first-order valence-corrected chi connectivity index (χ1v) is 8.36. The molecule has 1 aromatic heterocycles. The normalized spacial score (nSPS) is 18.8. The van der Waals surface area contributed by atoms with Gasteiger partial charge in [-0.1, -0.05) is 13.8 Å². The number of piperazine rings is 1. The van der Waals surface area contributed by atoms with Gasteiger partial charge in [-0.05, 0) is 18.9 Å². The van der Waals surface area contributed by atoms with Crippen molar-refractivity contribution in [2.45, 2.75) is 25.2 Å². The molecule has 1 aliphatic heterocycles. The van der Waals surface area contributed by atoms with Crippen molar-refractivity contribution in [3.8, 4) is 0 Å². The summed E-state index contributed by atoms with van der Waals surface area (Å²) >= 11 is 0. The van der Waals surface area contributed by atoms with E-state index in [0.29, 0.717) is 19.0 Å². The number of nitrogens with zero attached hydrogens (tertiary/aromatic N) is 3. The topological polar surface area (TPSA) is 95.3 Å². The van der Waals surface area contributed by atoms with Gasteiger partial charge in [0.25, 0.3) is 0 Å². The van der Waals surface area contributed by atoms with Gasteiger partial charge >= 0.3 is 0 Å². The van der Waals surface area contributed by atoms with Crippen LogP contribution in [0.5, 0.6) is 0 Å². The number of H-pyrrole nitrogens is 1. The van der Waals surface area contributed by atoms with Crippen molar-refractivity contribution >= 4 is 15.8 Å². The molecule has 0 atom stereocenters. The van der Waals surface area contributed by atoms with Crippen LogP contribution in [-0.4, -0.2) is 60.5 Å². The highest BCUT2D eigenvalue weighted by Crippen LogP contribution is 2.21. The fourth-order valence-electron chi connectivity index (χ4n) is 2.26. The molecule has 1 fully saturated rings. The molecule has 3 N–H and O–H groups in total. The fraction of sp³-hybridized carbons (Fsp3) is 0.750. The molecule has 0 saturated carbocycles. The molecule has 1 aliphatic rings. The Hall–Kier alpha value is -1.12. The van der Waals surface area contributed by atoms with Crippen LogP contribution in [-0.2, 0) is 10.0 Å². The summed E-state index contributed by atoms with van der Waals surface area (Å²) in [7, 11) is -3.52. The minimum absolute atomic E-state index is 0.0770. The van der Waals surface area contributed by atoms with Crippen LogP contribution in [0.2, 0.25) is 0 Å². The van der Waals surface area contributed by atoms with Crippen molar-refractivity contribution in [2.24, 2.45) is 5.92 Å². The molecule has 0 aliphatic carbocycles. The van der Waals surface area contributed by atoms with E-state index in [9.17, 15) is 8.42 Å². The van der Waals surface area contributed by atoms with E-state index in [-0.39, 0.29) is 10.7 Å². The van der Waals surface area contributed by atoms with Gasteiger partial charge in [0.1, 0.15) is 10.7 Å². The van der Waals surface area contributed by atoms with E-state index >= 15 is 0 Å². The van der Waals surface area contributed by atoms with E-state index in [4.69, 9.17) is 5.73 Å². The highest BCUT2D eigenvalue weighted by molar-refractivity contribution is 7.89. The zero-order valence-corrected chi connectivity index (χ0v) is 12.9. The van der Waals surface area contributed by atoms with Crippen LogP contribution < -0.4 is 5.73 Å². The van der Waals surface area contributed by atoms with Crippen LogP contribution in [0.4, 0.5) is 5.82 Å². The molecular formula is C12H23N5O2S. The molecule has 0 aromatic carbocycles. The van der Waals surface area contributed by atoms with Crippen molar-refractivity contribution in [3.63, 3.8) is 0 Å². The molecule has 1 aromatic rings. The van der Waals surface area contributed by atoms with Crippen molar-refractivity contribution in [1.82, 2.24) is 19.4 Å². The van der Waals surface area contributed by atoms with Crippen LogP contribution in [0.3, 0.4) is 0 Å².